The van der Waals surface area contributed by atoms with Crippen LogP contribution in [0.4, 0.5) is 5.69 Å². The number of hydrogen-bond acceptors (Lipinski definition) is 2. The second-order valence-corrected chi connectivity index (χ2v) is 6.33. The van der Waals surface area contributed by atoms with Gasteiger partial charge in [0.25, 0.3) is 0 Å². The number of nitrogens with zero attached hydrogens (tertiary/aromatic N) is 1. The van der Waals surface area contributed by atoms with E-state index in [0.29, 0.717) is 6.42 Å². The Kier molecular flexibility index (Phi) is 6.54. The monoisotopic (exact) mass is 338 g/mol. The summed E-state index contributed by atoms with van der Waals surface area (Å²) in [5, 5.41) is 2.94. The number of hydrogen-bond donors (Lipinski definition) is 1. The fourth-order valence-corrected chi connectivity index (χ4v) is 2.99. The average Bonchev–Trinajstić information content (AvgIpc) is 2.45. The molecule has 2 rings (SSSR count). The second-order valence-electron chi connectivity index (χ2n) is 5.42. The summed E-state index contributed by atoms with van der Waals surface area (Å²) in [7, 11) is 0. The molecule has 1 aliphatic heterocycles. The van der Waals surface area contributed by atoms with Crippen molar-refractivity contribution in [1.82, 2.24) is 4.90 Å². The van der Waals surface area contributed by atoms with Crippen LogP contribution in [0.15, 0.2) is 28.7 Å². The van der Waals surface area contributed by atoms with Gasteiger partial charge in [-0.15, -0.1) is 0 Å². The van der Waals surface area contributed by atoms with Crippen LogP contribution >= 0.6 is 15.9 Å². The average molecular weight is 339 g/mol. The van der Waals surface area contributed by atoms with E-state index in [9.17, 15) is 4.79 Å². The lowest BCUT2D eigenvalue weighted by atomic mass is 10.1. The molecule has 0 saturated carbocycles. The number of piperidine rings is 1. The highest BCUT2D eigenvalue weighted by atomic mass is 79.9. The van der Waals surface area contributed by atoms with Gasteiger partial charge < -0.3 is 10.2 Å². The minimum atomic E-state index is 0.113. The zero-order valence-corrected chi connectivity index (χ0v) is 13.5. The summed E-state index contributed by atoms with van der Waals surface area (Å²) in [5.41, 5.74) is 0.861. The third-order valence-electron chi connectivity index (χ3n) is 3.69. The topological polar surface area (TPSA) is 32.3 Å². The first-order chi connectivity index (χ1) is 9.74. The van der Waals surface area contributed by atoms with E-state index in [2.05, 4.69) is 26.1 Å². The van der Waals surface area contributed by atoms with E-state index >= 15 is 0 Å². The molecule has 1 fully saturated rings. The highest BCUT2D eigenvalue weighted by molar-refractivity contribution is 9.10. The van der Waals surface area contributed by atoms with Crippen molar-refractivity contribution >= 4 is 27.5 Å². The Bertz CT molecular complexity index is 430. The van der Waals surface area contributed by atoms with E-state index < -0.39 is 0 Å². The predicted molar refractivity (Wildman–Crippen MR) is 86.9 cm³/mol. The predicted octanol–water partition coefficient (Wildman–Crippen LogP) is 4.04. The van der Waals surface area contributed by atoms with Crippen LogP contribution in [0.5, 0.6) is 0 Å². The van der Waals surface area contributed by atoms with Crippen LogP contribution in [0.3, 0.4) is 0 Å². The van der Waals surface area contributed by atoms with E-state index in [1.54, 1.807) is 0 Å². The van der Waals surface area contributed by atoms with Gasteiger partial charge in [-0.2, -0.15) is 0 Å². The summed E-state index contributed by atoms with van der Waals surface area (Å²) in [6.07, 6.45) is 6.75. The maximum absolute atomic E-state index is 11.8. The summed E-state index contributed by atoms with van der Waals surface area (Å²) in [6.45, 7) is 3.62. The number of anilines is 1. The molecular formula is C16H23BrN2O. The number of carbonyl (C=O) groups excluding carboxylic acids is 1. The smallest absolute Gasteiger partial charge is 0.224 e. The standard InChI is InChI=1S/C16H23BrN2O/c17-14-7-6-8-15(13-14)18-16(20)9-2-5-12-19-10-3-1-4-11-19/h6-8,13H,1-5,9-12H2,(H,18,20). The first-order valence-electron chi connectivity index (χ1n) is 7.52. The minimum Gasteiger partial charge on any atom is -0.326 e. The van der Waals surface area contributed by atoms with Gasteiger partial charge >= 0.3 is 0 Å². The Balaban J connectivity index is 1.60. The van der Waals surface area contributed by atoms with Gasteiger partial charge in [-0.25, -0.2) is 0 Å². The molecule has 3 nitrogen and oxygen atoms in total. The molecule has 0 aromatic heterocycles. The van der Waals surface area contributed by atoms with Crippen LogP contribution in [-0.4, -0.2) is 30.4 Å². The van der Waals surface area contributed by atoms with Crippen LogP contribution in [-0.2, 0) is 4.79 Å². The van der Waals surface area contributed by atoms with Crippen molar-refractivity contribution in [3.05, 3.63) is 28.7 Å². The Morgan fingerprint density at radius 3 is 2.75 bits per heavy atom. The highest BCUT2D eigenvalue weighted by Gasteiger charge is 2.09. The van der Waals surface area contributed by atoms with Crippen molar-refractivity contribution in [1.29, 1.82) is 0 Å². The normalized spacial score (nSPS) is 16.1. The number of carbonyl (C=O) groups is 1. The fraction of sp³-hybridized carbons (Fsp3) is 0.562. The third-order valence-corrected chi connectivity index (χ3v) is 4.18. The van der Waals surface area contributed by atoms with Gasteiger partial charge in [0.2, 0.25) is 5.91 Å². The molecule has 1 aromatic carbocycles. The molecule has 0 unspecified atom stereocenters. The van der Waals surface area contributed by atoms with E-state index in [-0.39, 0.29) is 5.91 Å². The molecule has 0 aliphatic carbocycles. The lowest BCUT2D eigenvalue weighted by molar-refractivity contribution is -0.116. The van der Waals surface area contributed by atoms with Gasteiger partial charge in [-0.1, -0.05) is 28.4 Å². The van der Waals surface area contributed by atoms with Crippen LogP contribution in [0.2, 0.25) is 0 Å². The third kappa shape index (κ3) is 5.63. The van der Waals surface area contributed by atoms with Gasteiger partial charge in [0, 0.05) is 16.6 Å². The van der Waals surface area contributed by atoms with Crippen LogP contribution in [0.1, 0.15) is 38.5 Å². The molecule has 1 saturated heterocycles. The Morgan fingerprint density at radius 2 is 2.00 bits per heavy atom. The summed E-state index contributed by atoms with van der Waals surface area (Å²) < 4.78 is 0.986. The highest BCUT2D eigenvalue weighted by Crippen LogP contribution is 2.16. The molecule has 0 atom stereocenters. The summed E-state index contributed by atoms with van der Waals surface area (Å²) in [4.78, 5) is 14.4. The number of benzene rings is 1. The molecule has 1 amide bonds. The van der Waals surface area contributed by atoms with E-state index in [1.807, 2.05) is 24.3 Å². The molecule has 110 valence electrons. The molecule has 4 heteroatoms. The lowest BCUT2D eigenvalue weighted by Gasteiger charge is -2.26. The summed E-state index contributed by atoms with van der Waals surface area (Å²) in [5.74, 6) is 0.113. The molecule has 0 radical (unpaired) electrons. The Labute approximate surface area is 129 Å². The number of nitrogens with one attached hydrogen (secondary N) is 1. The molecule has 0 spiro atoms. The van der Waals surface area contributed by atoms with Crippen LogP contribution in [0.25, 0.3) is 0 Å². The molecule has 1 heterocycles. The number of likely N-dealkylation sites (tertiary alicyclic amines) is 1. The molecule has 1 aromatic rings. The van der Waals surface area contributed by atoms with Crippen molar-refractivity contribution in [2.45, 2.75) is 38.5 Å². The molecule has 20 heavy (non-hydrogen) atoms. The maximum Gasteiger partial charge on any atom is 0.224 e. The summed E-state index contributed by atoms with van der Waals surface area (Å²) in [6, 6.07) is 7.71. The van der Waals surface area contributed by atoms with Gasteiger partial charge in [0.15, 0.2) is 0 Å². The number of halogens is 1. The molecule has 1 N–H and O–H groups in total. The van der Waals surface area contributed by atoms with Gasteiger partial charge in [-0.05, 0) is 63.5 Å². The number of rotatable bonds is 6. The molecule has 1 aliphatic rings. The zero-order chi connectivity index (χ0) is 14.2. The first kappa shape index (κ1) is 15.5. The van der Waals surface area contributed by atoms with Crippen molar-refractivity contribution in [3.63, 3.8) is 0 Å². The van der Waals surface area contributed by atoms with E-state index in [1.165, 1.54) is 32.4 Å². The lowest BCUT2D eigenvalue weighted by Crippen LogP contribution is -2.30. The number of amides is 1. The first-order valence-corrected chi connectivity index (χ1v) is 8.31. The van der Waals surface area contributed by atoms with Gasteiger partial charge in [0.1, 0.15) is 0 Å². The van der Waals surface area contributed by atoms with Crippen LogP contribution < -0.4 is 5.32 Å². The van der Waals surface area contributed by atoms with E-state index in [0.717, 1.165) is 29.5 Å². The van der Waals surface area contributed by atoms with Gasteiger partial charge in [0.05, 0.1) is 0 Å². The largest absolute Gasteiger partial charge is 0.326 e. The second kappa shape index (κ2) is 8.42. The fourth-order valence-electron chi connectivity index (χ4n) is 2.59. The van der Waals surface area contributed by atoms with Gasteiger partial charge in [-0.3, -0.25) is 4.79 Å². The van der Waals surface area contributed by atoms with Crippen molar-refractivity contribution in [2.24, 2.45) is 0 Å². The maximum atomic E-state index is 11.8. The quantitative estimate of drug-likeness (QED) is 0.793. The Morgan fingerprint density at radius 1 is 1.20 bits per heavy atom. The van der Waals surface area contributed by atoms with Crippen LogP contribution in [0, 0.1) is 0 Å². The number of unbranched alkanes of at least 4 members (excludes halogenated alkanes) is 1. The molecule has 0 bridgehead atoms. The zero-order valence-electron chi connectivity index (χ0n) is 11.9. The van der Waals surface area contributed by atoms with Crippen molar-refractivity contribution in [2.75, 3.05) is 25.0 Å². The van der Waals surface area contributed by atoms with Crippen molar-refractivity contribution in [3.8, 4) is 0 Å². The minimum absolute atomic E-state index is 0.113. The van der Waals surface area contributed by atoms with Crippen molar-refractivity contribution < 1.29 is 4.79 Å². The van der Waals surface area contributed by atoms with E-state index in [4.69, 9.17) is 0 Å². The summed E-state index contributed by atoms with van der Waals surface area (Å²) >= 11 is 3.40. The Hall–Kier alpha value is -0.870. The molecular weight excluding hydrogens is 316 g/mol. The SMILES string of the molecule is O=C(CCCCN1CCCCC1)Nc1cccc(Br)c1.